The van der Waals surface area contributed by atoms with Crippen LogP contribution >= 0.6 is 11.6 Å². The third kappa shape index (κ3) is 3.61. The van der Waals surface area contributed by atoms with Crippen LogP contribution in [0.3, 0.4) is 0 Å². The number of amides is 1. The number of cyclic esters (lactones) is 1. The molecule has 1 atom stereocenters. The number of halogens is 4. The number of anilines is 1. The summed E-state index contributed by atoms with van der Waals surface area (Å²) in [5, 5.41) is 2.31. The van der Waals surface area contributed by atoms with Crippen LogP contribution < -0.4 is 5.32 Å². The highest BCUT2D eigenvalue weighted by atomic mass is 35.5. The van der Waals surface area contributed by atoms with Crippen molar-refractivity contribution in [3.63, 3.8) is 0 Å². The molecule has 1 aliphatic carbocycles. The van der Waals surface area contributed by atoms with Gasteiger partial charge in [0.1, 0.15) is 0 Å². The molecule has 1 fully saturated rings. The van der Waals surface area contributed by atoms with Crippen molar-refractivity contribution in [3.8, 4) is 23.7 Å². The molecule has 1 amide bonds. The zero-order chi connectivity index (χ0) is 18.8. The van der Waals surface area contributed by atoms with E-state index in [-0.39, 0.29) is 22.2 Å². The van der Waals surface area contributed by atoms with E-state index < -0.39 is 17.9 Å². The van der Waals surface area contributed by atoms with Crippen LogP contribution in [0.2, 0.25) is 5.02 Å². The van der Waals surface area contributed by atoms with E-state index in [2.05, 4.69) is 27.8 Å². The van der Waals surface area contributed by atoms with Gasteiger partial charge in [0.05, 0.1) is 5.69 Å². The quantitative estimate of drug-likeness (QED) is 0.623. The highest BCUT2D eigenvalue weighted by Gasteiger charge is 2.62. The normalized spacial score (nSPS) is 22.7. The third-order valence-electron chi connectivity index (χ3n) is 4.43. The van der Waals surface area contributed by atoms with Crippen molar-refractivity contribution in [1.82, 2.24) is 0 Å². The van der Waals surface area contributed by atoms with Crippen molar-refractivity contribution in [3.05, 3.63) is 28.8 Å². The van der Waals surface area contributed by atoms with E-state index in [0.29, 0.717) is 0 Å². The minimum absolute atomic E-state index is 0.0440. The second-order valence-electron chi connectivity index (χ2n) is 6.24. The molecule has 0 aromatic heterocycles. The van der Waals surface area contributed by atoms with E-state index in [4.69, 9.17) is 11.6 Å². The Hall–Kier alpha value is -2.31. The van der Waals surface area contributed by atoms with E-state index in [1.54, 1.807) is 0 Å². The van der Waals surface area contributed by atoms with Crippen molar-refractivity contribution in [2.45, 2.75) is 43.9 Å². The molecule has 7 heteroatoms. The van der Waals surface area contributed by atoms with Gasteiger partial charge in [-0.15, -0.1) is 0 Å². The van der Waals surface area contributed by atoms with Crippen LogP contribution in [0.4, 0.5) is 23.7 Å². The first-order valence-corrected chi connectivity index (χ1v) is 8.59. The van der Waals surface area contributed by atoms with Crippen LogP contribution in [0, 0.1) is 29.6 Å². The fourth-order valence-corrected chi connectivity index (χ4v) is 3.30. The Morgan fingerprint density at radius 3 is 2.62 bits per heavy atom. The molecule has 2 aliphatic rings. The topological polar surface area (TPSA) is 38.3 Å². The first-order chi connectivity index (χ1) is 12.3. The maximum absolute atomic E-state index is 13.9. The van der Waals surface area contributed by atoms with Gasteiger partial charge in [0, 0.05) is 16.5 Å². The summed E-state index contributed by atoms with van der Waals surface area (Å²) in [4.78, 5) is 11.7. The zero-order valence-corrected chi connectivity index (χ0v) is 14.4. The molecule has 3 nitrogen and oxygen atoms in total. The highest BCUT2D eigenvalue weighted by molar-refractivity contribution is 6.30. The Kier molecular flexibility index (Phi) is 5.07. The third-order valence-corrected chi connectivity index (χ3v) is 4.66. The van der Waals surface area contributed by atoms with Crippen molar-refractivity contribution >= 4 is 23.4 Å². The molecule has 1 heterocycles. The maximum atomic E-state index is 13.9. The lowest BCUT2D eigenvalue weighted by atomic mass is 9.89. The number of ether oxygens (including phenoxy) is 1. The molecule has 0 unspecified atom stereocenters. The van der Waals surface area contributed by atoms with Gasteiger partial charge in [0.2, 0.25) is 0 Å². The molecule has 136 valence electrons. The van der Waals surface area contributed by atoms with Crippen LogP contribution in [0.25, 0.3) is 0 Å². The summed E-state index contributed by atoms with van der Waals surface area (Å²) in [6.45, 7) is 0. The molecule has 1 saturated carbocycles. The average Bonchev–Trinajstić information content (AvgIpc) is 2.59. The molecule has 0 spiro atoms. The number of carbonyl (C=O) groups is 1. The maximum Gasteiger partial charge on any atom is 0.445 e. The van der Waals surface area contributed by atoms with Crippen molar-refractivity contribution in [1.29, 1.82) is 0 Å². The molecule has 1 aliphatic heterocycles. The van der Waals surface area contributed by atoms with Crippen LogP contribution in [0.5, 0.6) is 0 Å². The summed E-state index contributed by atoms with van der Waals surface area (Å²) in [5.41, 5.74) is -3.50. The number of benzene rings is 1. The molecule has 0 saturated heterocycles. The number of nitrogens with one attached hydrogen (secondary N) is 1. The number of rotatable bonds is 0. The summed E-state index contributed by atoms with van der Waals surface area (Å²) in [7, 11) is 0. The predicted octanol–water partition coefficient (Wildman–Crippen LogP) is 5.25. The lowest BCUT2D eigenvalue weighted by molar-refractivity contribution is -0.239. The molecule has 0 radical (unpaired) electrons. The van der Waals surface area contributed by atoms with Gasteiger partial charge in [-0.2, -0.15) is 13.2 Å². The molecule has 1 aromatic carbocycles. The Morgan fingerprint density at radius 2 is 1.92 bits per heavy atom. The SMILES string of the molecule is O=C1Nc2ccc(Cl)cc2[C@@](C#CC#CC2CCCCC2)(C(F)(F)F)O1. The largest absolute Gasteiger partial charge is 0.445 e. The average molecular weight is 382 g/mol. The number of carbonyl (C=O) groups excluding carboxylic acids is 1. The Labute approximate surface area is 154 Å². The van der Waals surface area contributed by atoms with Gasteiger partial charge in [-0.05, 0) is 48.8 Å². The Morgan fingerprint density at radius 1 is 1.19 bits per heavy atom. The van der Waals surface area contributed by atoms with Crippen LogP contribution in [0.15, 0.2) is 18.2 Å². The second kappa shape index (κ2) is 7.13. The van der Waals surface area contributed by atoms with Crippen LogP contribution in [-0.2, 0) is 10.3 Å². The van der Waals surface area contributed by atoms with Crippen LogP contribution in [-0.4, -0.2) is 12.3 Å². The molecule has 0 bridgehead atoms. The van der Waals surface area contributed by atoms with Gasteiger partial charge in [-0.1, -0.05) is 36.8 Å². The van der Waals surface area contributed by atoms with E-state index in [9.17, 15) is 18.0 Å². The van der Waals surface area contributed by atoms with Gasteiger partial charge in [0.15, 0.2) is 0 Å². The fourth-order valence-electron chi connectivity index (χ4n) is 3.12. The minimum Gasteiger partial charge on any atom is -0.415 e. The van der Waals surface area contributed by atoms with Crippen molar-refractivity contribution in [2.75, 3.05) is 5.32 Å². The van der Waals surface area contributed by atoms with E-state index >= 15 is 0 Å². The lowest BCUT2D eigenvalue weighted by Crippen LogP contribution is -2.49. The van der Waals surface area contributed by atoms with Gasteiger partial charge in [-0.3, -0.25) is 5.32 Å². The van der Waals surface area contributed by atoms with Crippen LogP contribution in [0.1, 0.15) is 37.7 Å². The Bertz CT molecular complexity index is 838. The Balaban J connectivity index is 2.02. The standard InChI is InChI=1S/C19H15ClF3NO2/c20-14-9-10-16-15(12-14)18(19(21,22)23,26-17(25)24-16)11-5-4-8-13-6-2-1-3-7-13/h9-10,12-13H,1-3,6-7H2,(H,24,25)/t18-/m0/s1. The summed E-state index contributed by atoms with van der Waals surface area (Å²) >= 11 is 5.84. The molecular formula is C19H15ClF3NO2. The molecule has 26 heavy (non-hydrogen) atoms. The second-order valence-corrected chi connectivity index (χ2v) is 6.67. The van der Waals surface area contributed by atoms with E-state index in [0.717, 1.165) is 38.2 Å². The predicted molar refractivity (Wildman–Crippen MR) is 91.4 cm³/mol. The zero-order valence-electron chi connectivity index (χ0n) is 13.7. The minimum atomic E-state index is -4.95. The van der Waals surface area contributed by atoms with Gasteiger partial charge < -0.3 is 4.74 Å². The molecule has 1 N–H and O–H groups in total. The molecular weight excluding hydrogens is 367 g/mol. The summed E-state index contributed by atoms with van der Waals surface area (Å²) < 4.78 is 46.2. The monoisotopic (exact) mass is 381 g/mol. The summed E-state index contributed by atoms with van der Waals surface area (Å²) in [5.74, 6) is 9.85. The highest BCUT2D eigenvalue weighted by Crippen LogP contribution is 2.47. The number of hydrogen-bond donors (Lipinski definition) is 1. The molecule has 1 aromatic rings. The van der Waals surface area contributed by atoms with Crippen molar-refractivity contribution < 1.29 is 22.7 Å². The van der Waals surface area contributed by atoms with Gasteiger partial charge in [0.25, 0.3) is 5.60 Å². The first-order valence-electron chi connectivity index (χ1n) is 8.21. The summed E-state index contributed by atoms with van der Waals surface area (Å²) in [6, 6.07) is 3.75. The van der Waals surface area contributed by atoms with Crippen molar-refractivity contribution in [2.24, 2.45) is 5.92 Å². The summed E-state index contributed by atoms with van der Waals surface area (Å²) in [6.07, 6.45) is -1.05. The van der Waals surface area contributed by atoms with E-state index in [1.165, 1.54) is 12.1 Å². The number of fused-ring (bicyclic) bond motifs is 1. The fraction of sp³-hybridized carbons (Fsp3) is 0.421. The first kappa shape index (κ1) is 18.5. The lowest BCUT2D eigenvalue weighted by Gasteiger charge is -2.35. The van der Waals surface area contributed by atoms with Gasteiger partial charge >= 0.3 is 12.3 Å². The molecule has 3 rings (SSSR count). The van der Waals surface area contributed by atoms with E-state index in [1.807, 2.05) is 5.92 Å². The number of hydrogen-bond acceptors (Lipinski definition) is 2. The smallest absolute Gasteiger partial charge is 0.415 e. The van der Waals surface area contributed by atoms with Gasteiger partial charge in [-0.25, -0.2) is 4.79 Å². The number of alkyl halides is 3.